The summed E-state index contributed by atoms with van der Waals surface area (Å²) in [7, 11) is 1.83. The van der Waals surface area contributed by atoms with E-state index in [9.17, 15) is 4.79 Å². The smallest absolute Gasteiger partial charge is 0.275 e. The second-order valence-electron chi connectivity index (χ2n) is 5.21. The molecule has 1 amide bonds. The summed E-state index contributed by atoms with van der Waals surface area (Å²) in [5, 5.41) is 2.82. The molecule has 6 heteroatoms. The first-order valence-electron chi connectivity index (χ1n) is 6.64. The third-order valence-electron chi connectivity index (χ3n) is 3.49. The van der Waals surface area contributed by atoms with Gasteiger partial charge in [0, 0.05) is 25.0 Å². The summed E-state index contributed by atoms with van der Waals surface area (Å²) in [6.45, 7) is 0. The van der Waals surface area contributed by atoms with Gasteiger partial charge in [-0.05, 0) is 30.9 Å². The Bertz CT molecular complexity index is 649. The molecule has 6 nitrogen and oxygen atoms in total. The molecular weight excluding hydrogens is 254 g/mol. The van der Waals surface area contributed by atoms with E-state index in [-0.39, 0.29) is 11.9 Å². The van der Waals surface area contributed by atoms with E-state index in [0.717, 1.165) is 30.5 Å². The van der Waals surface area contributed by atoms with Gasteiger partial charge in [-0.1, -0.05) is 0 Å². The fraction of sp³-hybridized carbons (Fsp3) is 0.357. The van der Waals surface area contributed by atoms with Crippen molar-refractivity contribution in [3.63, 3.8) is 0 Å². The largest absolute Gasteiger partial charge is 0.340 e. The maximum absolute atomic E-state index is 12.0. The van der Waals surface area contributed by atoms with Crippen LogP contribution in [0.2, 0.25) is 0 Å². The topological polar surface area (TPSA) is 85.8 Å². The Morgan fingerprint density at radius 2 is 2.35 bits per heavy atom. The molecule has 104 valence electrons. The van der Waals surface area contributed by atoms with Gasteiger partial charge in [0.25, 0.3) is 5.91 Å². The van der Waals surface area contributed by atoms with Crippen LogP contribution in [0.15, 0.2) is 24.8 Å². The highest BCUT2D eigenvalue weighted by Crippen LogP contribution is 2.21. The van der Waals surface area contributed by atoms with Crippen molar-refractivity contribution >= 4 is 11.6 Å². The number of aromatic nitrogens is 3. The van der Waals surface area contributed by atoms with Crippen LogP contribution in [0.4, 0.5) is 5.69 Å². The summed E-state index contributed by atoms with van der Waals surface area (Å²) in [5.41, 5.74) is 9.26. The number of amides is 1. The molecule has 0 saturated heterocycles. The van der Waals surface area contributed by atoms with Crippen LogP contribution in [0.1, 0.15) is 28.2 Å². The number of nitrogens with one attached hydrogen (secondary N) is 1. The molecule has 2 aromatic heterocycles. The van der Waals surface area contributed by atoms with Crippen molar-refractivity contribution in [2.24, 2.45) is 12.8 Å². The van der Waals surface area contributed by atoms with Crippen LogP contribution in [0, 0.1) is 0 Å². The average molecular weight is 271 g/mol. The Labute approximate surface area is 117 Å². The zero-order valence-electron chi connectivity index (χ0n) is 11.3. The molecule has 3 N–H and O–H groups in total. The third kappa shape index (κ3) is 2.55. The average Bonchev–Trinajstić information content (AvgIpc) is 2.85. The van der Waals surface area contributed by atoms with Gasteiger partial charge in [-0.2, -0.15) is 0 Å². The van der Waals surface area contributed by atoms with E-state index in [0.29, 0.717) is 11.4 Å². The van der Waals surface area contributed by atoms with E-state index in [2.05, 4.69) is 15.3 Å². The van der Waals surface area contributed by atoms with Gasteiger partial charge in [-0.3, -0.25) is 9.78 Å². The van der Waals surface area contributed by atoms with Gasteiger partial charge >= 0.3 is 0 Å². The number of nitrogens with two attached hydrogens (primary N) is 1. The van der Waals surface area contributed by atoms with Crippen molar-refractivity contribution in [2.45, 2.75) is 25.3 Å². The molecule has 0 saturated carbocycles. The lowest BCUT2D eigenvalue weighted by Gasteiger charge is -2.20. The van der Waals surface area contributed by atoms with E-state index in [1.165, 1.54) is 0 Å². The maximum Gasteiger partial charge on any atom is 0.275 e. The van der Waals surface area contributed by atoms with Crippen LogP contribution >= 0.6 is 0 Å². The Morgan fingerprint density at radius 1 is 1.50 bits per heavy atom. The lowest BCUT2D eigenvalue weighted by atomic mass is 9.92. The minimum absolute atomic E-state index is 0.186. The number of nitrogens with zero attached hydrogens (tertiary/aromatic N) is 3. The number of imidazole rings is 1. The number of carbonyl (C=O) groups excluding carboxylic acids is 1. The highest BCUT2D eigenvalue weighted by Gasteiger charge is 2.17. The molecule has 3 rings (SSSR count). The maximum atomic E-state index is 12.0. The SMILES string of the molecule is Cn1cnc(C(=O)Nc2cnc3c(c2)CC(N)CC3)c1. The van der Waals surface area contributed by atoms with E-state index in [4.69, 9.17) is 5.73 Å². The third-order valence-corrected chi connectivity index (χ3v) is 3.49. The Kier molecular flexibility index (Phi) is 3.23. The molecule has 0 fully saturated rings. The molecule has 1 aliphatic carbocycles. The quantitative estimate of drug-likeness (QED) is 0.849. The molecule has 2 heterocycles. The molecule has 1 atom stereocenters. The van der Waals surface area contributed by atoms with Gasteiger partial charge in [0.2, 0.25) is 0 Å². The lowest BCUT2D eigenvalue weighted by molar-refractivity contribution is 0.102. The summed E-state index contributed by atoms with van der Waals surface area (Å²) in [5.74, 6) is -0.229. The van der Waals surface area contributed by atoms with E-state index < -0.39 is 0 Å². The first-order valence-corrected chi connectivity index (χ1v) is 6.64. The Hall–Kier alpha value is -2.21. The van der Waals surface area contributed by atoms with Crippen molar-refractivity contribution in [2.75, 3.05) is 5.32 Å². The first-order chi connectivity index (χ1) is 9.61. The Morgan fingerprint density at radius 3 is 3.10 bits per heavy atom. The van der Waals surface area contributed by atoms with Gasteiger partial charge < -0.3 is 15.6 Å². The molecule has 20 heavy (non-hydrogen) atoms. The summed E-state index contributed by atoms with van der Waals surface area (Å²) < 4.78 is 1.74. The van der Waals surface area contributed by atoms with Gasteiger partial charge in [-0.25, -0.2) is 4.98 Å². The van der Waals surface area contributed by atoms with Crippen molar-refractivity contribution < 1.29 is 4.79 Å². The molecule has 1 aliphatic rings. The zero-order valence-corrected chi connectivity index (χ0v) is 11.3. The van der Waals surface area contributed by atoms with Crippen molar-refractivity contribution in [3.8, 4) is 0 Å². The number of carbonyl (C=O) groups is 1. The number of pyridine rings is 1. The lowest BCUT2D eigenvalue weighted by Crippen LogP contribution is -2.28. The number of aryl methyl sites for hydroxylation is 2. The normalized spacial score (nSPS) is 17.6. The van der Waals surface area contributed by atoms with Crippen LogP contribution in [0.5, 0.6) is 0 Å². The fourth-order valence-electron chi connectivity index (χ4n) is 2.44. The summed E-state index contributed by atoms with van der Waals surface area (Å²) in [6, 6.07) is 2.15. The molecule has 0 radical (unpaired) electrons. The van der Waals surface area contributed by atoms with Crippen LogP contribution < -0.4 is 11.1 Å². The predicted octanol–water partition coefficient (Wildman–Crippen LogP) is 0.883. The van der Waals surface area contributed by atoms with E-state index in [1.54, 1.807) is 23.3 Å². The number of hydrogen-bond acceptors (Lipinski definition) is 4. The van der Waals surface area contributed by atoms with Crippen LogP contribution in [-0.2, 0) is 19.9 Å². The Balaban J connectivity index is 1.78. The highest BCUT2D eigenvalue weighted by atomic mass is 16.1. The molecule has 2 aromatic rings. The minimum atomic E-state index is -0.229. The van der Waals surface area contributed by atoms with Crippen LogP contribution in [-0.4, -0.2) is 26.5 Å². The minimum Gasteiger partial charge on any atom is -0.340 e. The van der Waals surface area contributed by atoms with Crippen LogP contribution in [0.25, 0.3) is 0 Å². The molecule has 0 spiro atoms. The van der Waals surface area contributed by atoms with Gasteiger partial charge in [0.05, 0.1) is 18.2 Å². The molecule has 0 aliphatic heterocycles. The molecule has 0 aromatic carbocycles. The van der Waals surface area contributed by atoms with Gasteiger partial charge in [-0.15, -0.1) is 0 Å². The number of fused-ring (bicyclic) bond motifs is 1. The summed E-state index contributed by atoms with van der Waals surface area (Å²) in [6.07, 6.45) is 7.66. The fourth-order valence-corrected chi connectivity index (χ4v) is 2.44. The molecule has 1 unspecified atom stereocenters. The van der Waals surface area contributed by atoms with E-state index in [1.807, 2.05) is 13.1 Å². The summed E-state index contributed by atoms with van der Waals surface area (Å²) >= 11 is 0. The zero-order chi connectivity index (χ0) is 14.1. The second-order valence-corrected chi connectivity index (χ2v) is 5.21. The second kappa shape index (κ2) is 5.05. The van der Waals surface area contributed by atoms with Crippen molar-refractivity contribution in [1.29, 1.82) is 0 Å². The highest BCUT2D eigenvalue weighted by molar-refractivity contribution is 6.02. The predicted molar refractivity (Wildman–Crippen MR) is 75.4 cm³/mol. The van der Waals surface area contributed by atoms with Gasteiger partial charge in [0.15, 0.2) is 0 Å². The number of hydrogen-bond donors (Lipinski definition) is 2. The first kappa shape index (κ1) is 12.8. The van der Waals surface area contributed by atoms with Crippen molar-refractivity contribution in [1.82, 2.24) is 14.5 Å². The number of rotatable bonds is 2. The molecular formula is C14H17N5O. The summed E-state index contributed by atoms with van der Waals surface area (Å²) in [4.78, 5) is 20.5. The monoisotopic (exact) mass is 271 g/mol. The van der Waals surface area contributed by atoms with E-state index >= 15 is 0 Å². The van der Waals surface area contributed by atoms with Crippen LogP contribution in [0.3, 0.4) is 0 Å². The number of anilines is 1. The van der Waals surface area contributed by atoms with Gasteiger partial charge in [0.1, 0.15) is 5.69 Å². The standard InChI is InChI=1S/C14H17N5O/c1-19-7-13(17-8-19)14(20)18-11-5-9-4-10(15)2-3-12(9)16-6-11/h5-8,10H,2-4,15H2,1H3,(H,18,20). The molecule has 0 bridgehead atoms. The van der Waals surface area contributed by atoms with Crippen molar-refractivity contribution in [3.05, 3.63) is 41.7 Å².